The lowest BCUT2D eigenvalue weighted by Gasteiger charge is -2.44. The average molecular weight is 453 g/mol. The smallest absolute Gasteiger partial charge is 0.410 e. The fourth-order valence-electron chi connectivity index (χ4n) is 4.08. The summed E-state index contributed by atoms with van der Waals surface area (Å²) < 4.78 is 18.0. The molecule has 1 fully saturated rings. The zero-order valence-corrected chi connectivity index (χ0v) is 20.0. The first kappa shape index (κ1) is 23.1. The summed E-state index contributed by atoms with van der Waals surface area (Å²) in [5.74, 6) is 0.0910. The number of hydrogen-bond acceptors (Lipinski definition) is 5. The maximum Gasteiger partial charge on any atom is 0.410 e. The lowest BCUT2D eigenvalue weighted by atomic mass is 9.98. The number of rotatable bonds is 2. The predicted molar refractivity (Wildman–Crippen MR) is 125 cm³/mol. The van der Waals surface area contributed by atoms with Gasteiger partial charge < -0.3 is 24.0 Å². The molecule has 0 saturated carbocycles. The lowest BCUT2D eigenvalue weighted by molar-refractivity contribution is -0.226. The van der Waals surface area contributed by atoms with Crippen molar-refractivity contribution in [3.63, 3.8) is 0 Å². The third-order valence-corrected chi connectivity index (χ3v) is 5.90. The average Bonchev–Trinajstić information content (AvgIpc) is 2.77. The van der Waals surface area contributed by atoms with E-state index in [2.05, 4.69) is 6.07 Å². The molecule has 0 N–H and O–H groups in total. The van der Waals surface area contributed by atoms with Gasteiger partial charge in [0.15, 0.2) is 0 Å². The van der Waals surface area contributed by atoms with Crippen LogP contribution in [0.5, 0.6) is 5.75 Å². The number of hydrogen-bond donors (Lipinski definition) is 0. The van der Waals surface area contributed by atoms with Crippen molar-refractivity contribution in [3.05, 3.63) is 53.6 Å². The molecule has 7 heteroatoms. The zero-order chi connectivity index (χ0) is 23.8. The van der Waals surface area contributed by atoms with E-state index in [1.54, 1.807) is 23.9 Å². The third-order valence-electron chi connectivity index (χ3n) is 5.90. The van der Waals surface area contributed by atoms with E-state index in [1.807, 2.05) is 57.2 Å². The summed E-state index contributed by atoms with van der Waals surface area (Å²) in [5.41, 5.74) is 3.21. The molecule has 0 radical (unpaired) electrons. The highest BCUT2D eigenvalue weighted by Crippen LogP contribution is 2.39. The monoisotopic (exact) mass is 452 g/mol. The molecule has 2 aliphatic heterocycles. The van der Waals surface area contributed by atoms with Gasteiger partial charge in [0.2, 0.25) is 5.79 Å². The van der Waals surface area contributed by atoms with Gasteiger partial charge in [-0.1, -0.05) is 18.2 Å². The summed E-state index contributed by atoms with van der Waals surface area (Å²) in [7, 11) is 3.49. The van der Waals surface area contributed by atoms with Crippen LogP contribution in [-0.4, -0.2) is 60.4 Å². The molecule has 1 saturated heterocycles. The van der Waals surface area contributed by atoms with Gasteiger partial charge in [0.05, 0.1) is 6.61 Å². The van der Waals surface area contributed by atoms with E-state index in [9.17, 15) is 9.59 Å². The molecule has 0 bridgehead atoms. The van der Waals surface area contributed by atoms with Crippen LogP contribution in [0.3, 0.4) is 0 Å². The van der Waals surface area contributed by atoms with Gasteiger partial charge in [-0.3, -0.25) is 4.79 Å². The Labute approximate surface area is 195 Å². The van der Waals surface area contributed by atoms with Gasteiger partial charge in [-0.05, 0) is 56.2 Å². The highest BCUT2D eigenvalue weighted by Gasteiger charge is 2.42. The maximum atomic E-state index is 12.3. The van der Waals surface area contributed by atoms with Gasteiger partial charge in [-0.2, -0.15) is 0 Å². The summed E-state index contributed by atoms with van der Waals surface area (Å²) >= 11 is 0. The van der Waals surface area contributed by atoms with Crippen LogP contribution in [0, 0.1) is 0 Å². The summed E-state index contributed by atoms with van der Waals surface area (Å²) in [6.45, 7) is 7.11. The second kappa shape index (κ2) is 8.71. The SMILES string of the molecule is CN(C)C(=O)c1ccc(-c2ccc3c(c2)COC2(CCN(C(=O)OC(C)(C)C)CC2)O3)cc1. The highest BCUT2D eigenvalue weighted by molar-refractivity contribution is 5.94. The minimum atomic E-state index is -0.707. The quantitative estimate of drug-likeness (QED) is 0.661. The Bertz CT molecular complexity index is 1030. The van der Waals surface area contributed by atoms with Crippen molar-refractivity contribution in [2.75, 3.05) is 27.2 Å². The van der Waals surface area contributed by atoms with Crippen molar-refractivity contribution < 1.29 is 23.8 Å². The molecule has 2 aromatic rings. The summed E-state index contributed by atoms with van der Waals surface area (Å²) in [5, 5.41) is 0. The Morgan fingerprint density at radius 1 is 1.00 bits per heavy atom. The van der Waals surface area contributed by atoms with Crippen molar-refractivity contribution >= 4 is 12.0 Å². The maximum absolute atomic E-state index is 12.3. The van der Waals surface area contributed by atoms with E-state index in [0.29, 0.717) is 38.1 Å². The van der Waals surface area contributed by atoms with E-state index in [1.165, 1.54) is 0 Å². The molecule has 33 heavy (non-hydrogen) atoms. The van der Waals surface area contributed by atoms with E-state index in [-0.39, 0.29) is 12.0 Å². The number of fused-ring (bicyclic) bond motifs is 1. The molecule has 0 unspecified atom stereocenters. The van der Waals surface area contributed by atoms with Gasteiger partial charge in [-0.25, -0.2) is 4.79 Å². The number of carbonyl (C=O) groups excluding carboxylic acids is 2. The molecule has 7 nitrogen and oxygen atoms in total. The van der Waals surface area contributed by atoms with Gasteiger partial charge >= 0.3 is 6.09 Å². The fourth-order valence-corrected chi connectivity index (χ4v) is 4.08. The molecule has 1 spiro atoms. The van der Waals surface area contributed by atoms with Gasteiger partial charge in [0, 0.05) is 51.2 Å². The first-order chi connectivity index (χ1) is 15.6. The van der Waals surface area contributed by atoms with Crippen molar-refractivity contribution in [3.8, 4) is 16.9 Å². The molecule has 4 rings (SSSR count). The number of piperidine rings is 1. The molecule has 2 aliphatic rings. The van der Waals surface area contributed by atoms with Crippen molar-refractivity contribution in [2.45, 2.75) is 51.6 Å². The Morgan fingerprint density at radius 2 is 1.64 bits per heavy atom. The largest absolute Gasteiger partial charge is 0.462 e. The van der Waals surface area contributed by atoms with Gasteiger partial charge in [-0.15, -0.1) is 0 Å². The third kappa shape index (κ3) is 5.14. The van der Waals surface area contributed by atoms with Crippen molar-refractivity contribution in [1.82, 2.24) is 9.80 Å². The van der Waals surface area contributed by atoms with Gasteiger partial charge in [0.25, 0.3) is 5.91 Å². The number of likely N-dealkylation sites (tertiary alicyclic amines) is 1. The van der Waals surface area contributed by atoms with Crippen LogP contribution in [0.2, 0.25) is 0 Å². The number of amides is 2. The van der Waals surface area contributed by atoms with Crippen LogP contribution in [0.15, 0.2) is 42.5 Å². The lowest BCUT2D eigenvalue weighted by Crippen LogP contribution is -2.53. The number of benzene rings is 2. The van der Waals surface area contributed by atoms with Crippen LogP contribution in [-0.2, 0) is 16.1 Å². The molecule has 0 atom stereocenters. The summed E-state index contributed by atoms with van der Waals surface area (Å²) in [6.07, 6.45) is 0.889. The zero-order valence-electron chi connectivity index (χ0n) is 20.0. The minimum Gasteiger partial charge on any atom is -0.462 e. The second-order valence-corrected chi connectivity index (χ2v) is 9.87. The van der Waals surface area contributed by atoms with Crippen LogP contribution < -0.4 is 4.74 Å². The Morgan fingerprint density at radius 3 is 2.24 bits per heavy atom. The molecule has 0 aromatic heterocycles. The number of nitrogens with zero attached hydrogens (tertiary/aromatic N) is 2. The molecule has 0 aliphatic carbocycles. The minimum absolute atomic E-state index is 0.0168. The molecule has 2 aromatic carbocycles. The Hall–Kier alpha value is -3.06. The number of carbonyl (C=O) groups is 2. The van der Waals surface area contributed by atoms with Crippen LogP contribution in [0.1, 0.15) is 49.5 Å². The molecule has 176 valence electrons. The Kier molecular flexibility index (Phi) is 6.10. The number of ether oxygens (including phenoxy) is 3. The van der Waals surface area contributed by atoms with Crippen molar-refractivity contribution in [1.29, 1.82) is 0 Å². The standard InChI is InChI=1S/C26H32N2O5/c1-25(2,3)33-24(30)28-14-12-26(13-15-28)31-17-21-16-20(10-11-22(21)32-26)18-6-8-19(9-7-18)23(29)27(4)5/h6-11,16H,12-15,17H2,1-5H3. The Balaban J connectivity index is 1.42. The molecular weight excluding hydrogens is 420 g/mol. The highest BCUT2D eigenvalue weighted by atomic mass is 16.7. The van der Waals surface area contributed by atoms with Crippen LogP contribution in [0.4, 0.5) is 4.79 Å². The molecule has 2 amide bonds. The van der Waals surface area contributed by atoms with Crippen LogP contribution >= 0.6 is 0 Å². The van der Waals surface area contributed by atoms with E-state index >= 15 is 0 Å². The fraction of sp³-hybridized carbons (Fsp3) is 0.462. The summed E-state index contributed by atoms with van der Waals surface area (Å²) in [6, 6.07) is 13.7. The second-order valence-electron chi connectivity index (χ2n) is 9.87. The first-order valence-electron chi connectivity index (χ1n) is 11.3. The van der Waals surface area contributed by atoms with Crippen molar-refractivity contribution in [2.24, 2.45) is 0 Å². The van der Waals surface area contributed by atoms with E-state index in [4.69, 9.17) is 14.2 Å². The van der Waals surface area contributed by atoms with E-state index in [0.717, 1.165) is 22.4 Å². The van der Waals surface area contributed by atoms with Gasteiger partial charge in [0.1, 0.15) is 11.4 Å². The first-order valence-corrected chi connectivity index (χ1v) is 11.3. The van der Waals surface area contributed by atoms with E-state index < -0.39 is 11.4 Å². The predicted octanol–water partition coefficient (Wildman–Crippen LogP) is 4.69. The molecule has 2 heterocycles. The molecular formula is C26H32N2O5. The topological polar surface area (TPSA) is 68.3 Å². The summed E-state index contributed by atoms with van der Waals surface area (Å²) in [4.78, 5) is 27.7. The normalized spacial score (nSPS) is 17.2. The van der Waals surface area contributed by atoms with Crippen LogP contribution in [0.25, 0.3) is 11.1 Å².